The molecule has 0 N–H and O–H groups in total. The molecule has 0 saturated heterocycles. The smallest absolute Gasteiger partial charge is 0.151 e. The van der Waals surface area contributed by atoms with Crippen LogP contribution in [0.3, 0.4) is 0 Å². The van der Waals surface area contributed by atoms with Crippen LogP contribution >= 0.6 is 11.6 Å². The summed E-state index contributed by atoms with van der Waals surface area (Å²) >= 11 is 6.15. The standard InChI is InChI=1S/C12H13ClO/c1-7-9-4-3-5-10(9)8(2)12(13)11(7)6-14/h6H,3-5H2,1-2H3. The van der Waals surface area contributed by atoms with Gasteiger partial charge in [0.25, 0.3) is 0 Å². The number of hydrogen-bond donors (Lipinski definition) is 0. The first-order chi connectivity index (χ1) is 6.66. The lowest BCUT2D eigenvalue weighted by molar-refractivity contribution is 0.112. The second-order valence-electron chi connectivity index (χ2n) is 3.91. The average molecular weight is 209 g/mol. The van der Waals surface area contributed by atoms with Crippen molar-refractivity contribution < 1.29 is 4.79 Å². The van der Waals surface area contributed by atoms with Crippen molar-refractivity contribution in [3.05, 3.63) is 32.8 Å². The van der Waals surface area contributed by atoms with Crippen LogP contribution in [-0.4, -0.2) is 6.29 Å². The lowest BCUT2D eigenvalue weighted by Gasteiger charge is -2.12. The molecular weight excluding hydrogens is 196 g/mol. The minimum absolute atomic E-state index is 0.651. The summed E-state index contributed by atoms with van der Waals surface area (Å²) in [5, 5.41) is 0.651. The molecule has 2 rings (SSSR count). The van der Waals surface area contributed by atoms with E-state index in [2.05, 4.69) is 0 Å². The lowest BCUT2D eigenvalue weighted by Crippen LogP contribution is -1.99. The highest BCUT2D eigenvalue weighted by Gasteiger charge is 2.21. The van der Waals surface area contributed by atoms with Crippen molar-refractivity contribution >= 4 is 17.9 Å². The van der Waals surface area contributed by atoms with Crippen molar-refractivity contribution in [2.45, 2.75) is 33.1 Å². The van der Waals surface area contributed by atoms with Crippen LogP contribution < -0.4 is 0 Å². The van der Waals surface area contributed by atoms with Crippen LogP contribution in [0.1, 0.15) is 39.0 Å². The van der Waals surface area contributed by atoms with Crippen molar-refractivity contribution in [2.24, 2.45) is 0 Å². The molecule has 1 aliphatic rings. The Bertz CT molecular complexity index is 408. The van der Waals surface area contributed by atoms with Crippen molar-refractivity contribution in [1.82, 2.24) is 0 Å². The van der Waals surface area contributed by atoms with E-state index in [9.17, 15) is 4.79 Å². The molecule has 0 radical (unpaired) electrons. The normalized spacial score (nSPS) is 14.2. The van der Waals surface area contributed by atoms with E-state index < -0.39 is 0 Å². The molecule has 0 aliphatic heterocycles. The Balaban J connectivity index is 2.79. The van der Waals surface area contributed by atoms with Gasteiger partial charge in [-0.25, -0.2) is 0 Å². The van der Waals surface area contributed by atoms with Crippen LogP contribution in [0.2, 0.25) is 5.02 Å². The van der Waals surface area contributed by atoms with E-state index in [1.165, 1.54) is 17.5 Å². The molecule has 1 aromatic carbocycles. The van der Waals surface area contributed by atoms with Gasteiger partial charge < -0.3 is 0 Å². The zero-order chi connectivity index (χ0) is 10.3. The molecule has 1 aromatic rings. The monoisotopic (exact) mass is 208 g/mol. The van der Waals surface area contributed by atoms with Crippen LogP contribution in [0.25, 0.3) is 0 Å². The van der Waals surface area contributed by atoms with Gasteiger partial charge in [0.2, 0.25) is 0 Å². The third-order valence-electron chi connectivity index (χ3n) is 3.21. The molecule has 1 aliphatic carbocycles. The highest BCUT2D eigenvalue weighted by Crippen LogP contribution is 2.35. The van der Waals surface area contributed by atoms with E-state index in [-0.39, 0.29) is 0 Å². The molecule has 2 heteroatoms. The Kier molecular flexibility index (Phi) is 2.36. The number of rotatable bonds is 1. The van der Waals surface area contributed by atoms with Crippen LogP contribution in [0, 0.1) is 13.8 Å². The molecule has 0 fully saturated rings. The van der Waals surface area contributed by atoms with Gasteiger partial charge in [-0.2, -0.15) is 0 Å². The minimum Gasteiger partial charge on any atom is -0.298 e. The maximum Gasteiger partial charge on any atom is 0.151 e. The predicted molar refractivity (Wildman–Crippen MR) is 58.3 cm³/mol. The Hall–Kier alpha value is -0.820. The van der Waals surface area contributed by atoms with E-state index >= 15 is 0 Å². The predicted octanol–water partition coefficient (Wildman–Crippen LogP) is 3.26. The number of benzene rings is 1. The minimum atomic E-state index is 0.651. The number of carbonyl (C=O) groups excluding carboxylic acids is 1. The maximum absolute atomic E-state index is 10.9. The van der Waals surface area contributed by atoms with Crippen LogP contribution in [0.4, 0.5) is 0 Å². The fourth-order valence-electron chi connectivity index (χ4n) is 2.37. The Morgan fingerprint density at radius 3 is 2.29 bits per heavy atom. The SMILES string of the molecule is Cc1c(Cl)c(C=O)c(C)c2c1CCC2. The lowest BCUT2D eigenvalue weighted by atomic mass is 9.95. The summed E-state index contributed by atoms with van der Waals surface area (Å²) in [6.45, 7) is 4.01. The summed E-state index contributed by atoms with van der Waals surface area (Å²) in [5.41, 5.74) is 5.60. The third-order valence-corrected chi connectivity index (χ3v) is 3.70. The topological polar surface area (TPSA) is 17.1 Å². The molecule has 0 aromatic heterocycles. The van der Waals surface area contributed by atoms with E-state index in [4.69, 9.17) is 11.6 Å². The van der Waals surface area contributed by atoms with E-state index in [0.29, 0.717) is 10.6 Å². The van der Waals surface area contributed by atoms with Gasteiger partial charge in [0, 0.05) is 5.56 Å². The number of fused-ring (bicyclic) bond motifs is 1. The van der Waals surface area contributed by atoms with Gasteiger partial charge in [-0.1, -0.05) is 11.6 Å². The van der Waals surface area contributed by atoms with Gasteiger partial charge in [0.1, 0.15) is 0 Å². The number of hydrogen-bond acceptors (Lipinski definition) is 1. The summed E-state index contributed by atoms with van der Waals surface area (Å²) in [4.78, 5) is 10.9. The summed E-state index contributed by atoms with van der Waals surface area (Å²) in [6, 6.07) is 0. The fourth-order valence-corrected chi connectivity index (χ4v) is 2.67. The molecule has 0 heterocycles. The number of aldehydes is 1. The third kappa shape index (κ3) is 1.19. The van der Waals surface area contributed by atoms with E-state index in [0.717, 1.165) is 30.3 Å². The van der Waals surface area contributed by atoms with E-state index in [1.807, 2.05) is 13.8 Å². The van der Waals surface area contributed by atoms with Crippen LogP contribution in [0.15, 0.2) is 0 Å². The summed E-state index contributed by atoms with van der Waals surface area (Å²) < 4.78 is 0. The van der Waals surface area contributed by atoms with Gasteiger partial charge >= 0.3 is 0 Å². The molecule has 14 heavy (non-hydrogen) atoms. The second kappa shape index (κ2) is 3.39. The van der Waals surface area contributed by atoms with Gasteiger partial charge in [-0.3, -0.25) is 4.79 Å². The van der Waals surface area contributed by atoms with Crippen molar-refractivity contribution in [1.29, 1.82) is 0 Å². The molecule has 0 spiro atoms. The highest BCUT2D eigenvalue weighted by atomic mass is 35.5. The van der Waals surface area contributed by atoms with Gasteiger partial charge in [-0.15, -0.1) is 0 Å². The first kappa shape index (κ1) is 9.72. The Morgan fingerprint density at radius 1 is 1.14 bits per heavy atom. The molecular formula is C12H13ClO. The van der Waals surface area contributed by atoms with Crippen LogP contribution in [0.5, 0.6) is 0 Å². The largest absolute Gasteiger partial charge is 0.298 e. The molecule has 0 atom stereocenters. The average Bonchev–Trinajstić information content (AvgIpc) is 2.64. The van der Waals surface area contributed by atoms with Crippen LogP contribution in [-0.2, 0) is 12.8 Å². The van der Waals surface area contributed by atoms with E-state index in [1.54, 1.807) is 0 Å². The number of carbonyl (C=O) groups is 1. The molecule has 0 amide bonds. The maximum atomic E-state index is 10.9. The highest BCUT2D eigenvalue weighted by molar-refractivity contribution is 6.34. The molecule has 0 unspecified atom stereocenters. The summed E-state index contributed by atoms with van der Waals surface area (Å²) in [5.74, 6) is 0. The fraction of sp³-hybridized carbons (Fsp3) is 0.417. The van der Waals surface area contributed by atoms with Gasteiger partial charge in [0.05, 0.1) is 5.02 Å². The molecule has 74 valence electrons. The first-order valence-corrected chi connectivity index (χ1v) is 5.30. The van der Waals surface area contributed by atoms with Crippen molar-refractivity contribution in [3.63, 3.8) is 0 Å². The Labute approximate surface area is 89.1 Å². The van der Waals surface area contributed by atoms with Crippen molar-refractivity contribution in [3.8, 4) is 0 Å². The zero-order valence-electron chi connectivity index (χ0n) is 8.48. The Morgan fingerprint density at radius 2 is 1.71 bits per heavy atom. The van der Waals surface area contributed by atoms with Crippen molar-refractivity contribution in [2.75, 3.05) is 0 Å². The second-order valence-corrected chi connectivity index (χ2v) is 4.28. The molecule has 0 saturated carbocycles. The van der Waals surface area contributed by atoms with Gasteiger partial charge in [-0.05, 0) is 55.4 Å². The zero-order valence-corrected chi connectivity index (χ0v) is 9.24. The molecule has 1 nitrogen and oxygen atoms in total. The first-order valence-electron chi connectivity index (χ1n) is 4.92. The quantitative estimate of drug-likeness (QED) is 0.648. The van der Waals surface area contributed by atoms with Gasteiger partial charge in [0.15, 0.2) is 6.29 Å². The molecule has 0 bridgehead atoms. The summed E-state index contributed by atoms with van der Waals surface area (Å²) in [6.07, 6.45) is 4.28. The number of halogens is 1. The summed E-state index contributed by atoms with van der Waals surface area (Å²) in [7, 11) is 0.